The molecule has 0 spiro atoms. The number of hydrogen-bond donors (Lipinski definition) is 2. The van der Waals surface area contributed by atoms with Gasteiger partial charge in [-0.3, -0.25) is 4.98 Å². The maximum absolute atomic E-state index is 13.8. The van der Waals surface area contributed by atoms with E-state index in [1.807, 2.05) is 0 Å². The summed E-state index contributed by atoms with van der Waals surface area (Å²) in [4.78, 5) is 7.42. The largest absolute Gasteiger partial charge is 0.392 e. The summed E-state index contributed by atoms with van der Waals surface area (Å²) < 4.78 is 65.2. The van der Waals surface area contributed by atoms with Gasteiger partial charge in [-0.15, -0.1) is 5.10 Å². The van der Waals surface area contributed by atoms with E-state index in [9.17, 15) is 26.7 Å². The van der Waals surface area contributed by atoms with Crippen LogP contribution in [0.3, 0.4) is 0 Å². The molecule has 3 N–H and O–H groups in total. The van der Waals surface area contributed by atoms with E-state index in [1.165, 1.54) is 33.3 Å². The number of hydrogen-bond acceptors (Lipinski definition) is 7. The quantitative estimate of drug-likeness (QED) is 0.582. The van der Waals surface area contributed by atoms with Crippen molar-refractivity contribution < 1.29 is 26.7 Å². The van der Waals surface area contributed by atoms with Crippen LogP contribution in [0.2, 0.25) is 0 Å². The third kappa shape index (κ3) is 5.09. The monoisotopic (exact) mass is 484 g/mol. The maximum atomic E-state index is 13.8. The van der Waals surface area contributed by atoms with Crippen molar-refractivity contribution in [1.82, 2.24) is 23.9 Å². The Labute approximate surface area is 188 Å². The van der Waals surface area contributed by atoms with E-state index in [0.29, 0.717) is 18.7 Å². The summed E-state index contributed by atoms with van der Waals surface area (Å²) in [5, 5.41) is 13.1. The van der Waals surface area contributed by atoms with E-state index in [1.54, 1.807) is 0 Å². The molecule has 0 amide bonds. The highest BCUT2D eigenvalue weighted by Gasteiger charge is 2.41. The zero-order chi connectivity index (χ0) is 23.8. The number of fused-ring (bicyclic) bond motifs is 1. The third-order valence-electron chi connectivity index (χ3n) is 5.46. The normalized spacial score (nSPS) is 19.5. The summed E-state index contributed by atoms with van der Waals surface area (Å²) in [6.45, 7) is 0.898. The topological polar surface area (TPSA) is 127 Å². The summed E-state index contributed by atoms with van der Waals surface area (Å²) >= 11 is 0. The lowest BCUT2D eigenvalue weighted by Crippen LogP contribution is -2.43. The van der Waals surface area contributed by atoms with Gasteiger partial charge < -0.3 is 10.8 Å². The molecule has 1 atom stereocenters. The summed E-state index contributed by atoms with van der Waals surface area (Å²) in [7, 11) is -3.05. The van der Waals surface area contributed by atoms with Gasteiger partial charge in [0.1, 0.15) is 5.52 Å². The average Bonchev–Trinajstić information content (AvgIpc) is 3.59. The van der Waals surface area contributed by atoms with Gasteiger partial charge in [0.2, 0.25) is 16.0 Å². The molecule has 2 fully saturated rings. The lowest BCUT2D eigenvalue weighted by molar-refractivity contribution is 0.108. The van der Waals surface area contributed by atoms with E-state index in [2.05, 4.69) is 15.1 Å². The zero-order valence-electron chi connectivity index (χ0n) is 17.5. The van der Waals surface area contributed by atoms with Crippen LogP contribution in [-0.4, -0.2) is 61.9 Å². The number of nitrogen functional groups attached to an aromatic ring is 1. The Morgan fingerprint density at radius 3 is 2.58 bits per heavy atom. The van der Waals surface area contributed by atoms with Gasteiger partial charge in [-0.1, -0.05) is 0 Å². The first kappa shape index (κ1) is 23.4. The molecule has 33 heavy (non-hydrogen) atoms. The predicted octanol–water partition coefficient (Wildman–Crippen LogP) is 2.39. The number of piperidine rings is 1. The molecule has 178 valence electrons. The van der Waals surface area contributed by atoms with Crippen LogP contribution in [0.4, 0.5) is 19.1 Å². The van der Waals surface area contributed by atoms with E-state index in [-0.39, 0.29) is 28.0 Å². The van der Waals surface area contributed by atoms with Crippen LogP contribution in [0.1, 0.15) is 37.7 Å². The van der Waals surface area contributed by atoms with Gasteiger partial charge in [0, 0.05) is 42.7 Å². The Hall–Kier alpha value is -2.77. The summed E-state index contributed by atoms with van der Waals surface area (Å²) in [5.74, 6) is -0.616. The highest BCUT2D eigenvalue weighted by molar-refractivity contribution is 7.90. The number of anilines is 1. The molecule has 3 aromatic rings. The van der Waals surface area contributed by atoms with Crippen molar-refractivity contribution in [2.45, 2.75) is 43.5 Å². The number of halogens is 3. The third-order valence-corrected chi connectivity index (χ3v) is 7.82. The van der Waals surface area contributed by atoms with Crippen molar-refractivity contribution in [2.24, 2.45) is 0 Å². The molecular weight excluding hydrogens is 461 g/mol. The zero-order valence-corrected chi connectivity index (χ0v) is 18.3. The maximum Gasteiger partial charge on any atom is 0.265 e. The van der Waals surface area contributed by atoms with Crippen molar-refractivity contribution in [1.29, 1.82) is 0 Å². The van der Waals surface area contributed by atoms with Crippen LogP contribution < -0.4 is 5.73 Å². The Morgan fingerprint density at radius 2 is 1.91 bits per heavy atom. The number of β-amino-alcohol motifs (C(OH)–C–C–N with tert-alkyl or cyclic N) is 1. The van der Waals surface area contributed by atoms with E-state index in [0.717, 1.165) is 31.9 Å². The minimum absolute atomic E-state index is 0.0488. The molecule has 1 saturated carbocycles. The summed E-state index contributed by atoms with van der Waals surface area (Å²) in [6, 6.07) is 2.41. The van der Waals surface area contributed by atoms with Crippen molar-refractivity contribution in [3.8, 4) is 11.3 Å². The van der Waals surface area contributed by atoms with E-state index < -0.39 is 28.4 Å². The van der Waals surface area contributed by atoms with E-state index in [4.69, 9.17) is 5.73 Å². The highest BCUT2D eigenvalue weighted by atomic mass is 32.2. The molecule has 0 aromatic carbocycles. The number of nitrogens with zero attached hydrogens (tertiary/aromatic N) is 5. The van der Waals surface area contributed by atoms with Gasteiger partial charge in [-0.2, -0.15) is 4.31 Å². The average molecular weight is 485 g/mol. The number of rotatable bonds is 4. The summed E-state index contributed by atoms with van der Waals surface area (Å²) in [6.07, 6.45) is 3.65. The van der Waals surface area contributed by atoms with E-state index >= 15 is 0 Å². The predicted molar refractivity (Wildman–Crippen MR) is 114 cm³/mol. The van der Waals surface area contributed by atoms with Crippen LogP contribution in [0.15, 0.2) is 30.7 Å². The van der Waals surface area contributed by atoms with Crippen molar-refractivity contribution in [3.05, 3.63) is 42.1 Å². The Morgan fingerprint density at radius 1 is 1.15 bits per heavy atom. The standard InChI is InChI=1S/C12H8F3N5.C8H15NO3S/c13-8-2-9(20-10(8)5-18-12(16)19-20)6-1-7(11(14)15)4-17-3-6;10-7-2-1-5-9(6-7)13(11,12)8-3-4-8/h1-5,11H,(H2,16,19);7-8,10H,1-6H2. The SMILES string of the molecule is Nc1ncc2c(F)cc(-c3cncc(C(F)F)c3)n2n1.O=S(=O)(C1CC1)N1CCCC(O)C1. The first-order valence-corrected chi connectivity index (χ1v) is 11.9. The second-order valence-electron chi connectivity index (χ2n) is 8.00. The number of nitrogens with two attached hydrogens (primary N) is 1. The molecule has 4 heterocycles. The molecule has 1 unspecified atom stereocenters. The Kier molecular flexibility index (Phi) is 6.54. The fourth-order valence-electron chi connectivity index (χ4n) is 3.62. The number of alkyl halides is 2. The number of aliphatic hydroxyl groups excluding tert-OH is 1. The van der Waals surface area contributed by atoms with Gasteiger partial charge in [0.05, 0.1) is 23.2 Å². The first-order valence-electron chi connectivity index (χ1n) is 10.4. The van der Waals surface area contributed by atoms with Crippen LogP contribution in [0.5, 0.6) is 0 Å². The second-order valence-corrected chi connectivity index (χ2v) is 10.2. The number of aromatic nitrogens is 4. The fraction of sp³-hybridized carbons (Fsp3) is 0.450. The number of pyridine rings is 1. The molecule has 1 saturated heterocycles. The minimum atomic E-state index is -3.05. The number of aliphatic hydroxyl groups is 1. The van der Waals surface area contributed by atoms with Gasteiger partial charge in [-0.25, -0.2) is 31.1 Å². The molecule has 13 heteroatoms. The van der Waals surface area contributed by atoms with Gasteiger partial charge in [-0.05, 0) is 31.7 Å². The van der Waals surface area contributed by atoms with Gasteiger partial charge >= 0.3 is 0 Å². The molecule has 1 aliphatic heterocycles. The Balaban J connectivity index is 0.000000172. The minimum Gasteiger partial charge on any atom is -0.392 e. The van der Waals surface area contributed by atoms with Crippen molar-refractivity contribution >= 4 is 21.5 Å². The first-order chi connectivity index (χ1) is 15.7. The molecule has 0 bridgehead atoms. The fourth-order valence-corrected chi connectivity index (χ4v) is 5.53. The van der Waals surface area contributed by atoms with Gasteiger partial charge in [0.15, 0.2) is 5.82 Å². The van der Waals surface area contributed by atoms with Crippen molar-refractivity contribution in [3.63, 3.8) is 0 Å². The Bertz CT molecular complexity index is 1250. The lowest BCUT2D eigenvalue weighted by atomic mass is 10.1. The van der Waals surface area contributed by atoms with Crippen molar-refractivity contribution in [2.75, 3.05) is 18.8 Å². The molecule has 1 aliphatic carbocycles. The molecule has 0 radical (unpaired) electrons. The molecule has 3 aromatic heterocycles. The van der Waals surface area contributed by atoms with Crippen LogP contribution in [-0.2, 0) is 10.0 Å². The smallest absolute Gasteiger partial charge is 0.265 e. The van der Waals surface area contributed by atoms with Crippen LogP contribution >= 0.6 is 0 Å². The molecule has 5 rings (SSSR count). The molecular formula is C20H23F3N6O3S. The second kappa shape index (κ2) is 9.23. The molecule has 2 aliphatic rings. The lowest BCUT2D eigenvalue weighted by Gasteiger charge is -2.29. The van der Waals surface area contributed by atoms with Crippen LogP contribution in [0, 0.1) is 5.82 Å². The van der Waals surface area contributed by atoms with Gasteiger partial charge in [0.25, 0.3) is 6.43 Å². The number of sulfonamides is 1. The highest BCUT2D eigenvalue weighted by Crippen LogP contribution is 2.32. The molecule has 9 nitrogen and oxygen atoms in total. The van der Waals surface area contributed by atoms with Crippen LogP contribution in [0.25, 0.3) is 16.8 Å². The summed E-state index contributed by atoms with van der Waals surface area (Å²) in [5.41, 5.74) is 5.91.